The summed E-state index contributed by atoms with van der Waals surface area (Å²) in [5.74, 6) is -0.0547. The maximum Gasteiger partial charge on any atom is 0.146 e. The van der Waals surface area contributed by atoms with Crippen LogP contribution in [0.5, 0.6) is 0 Å². The third kappa shape index (κ3) is 1.50. The Hall–Kier alpha value is -1.38. The van der Waals surface area contributed by atoms with Crippen LogP contribution in [-0.4, -0.2) is 19.4 Å². The summed E-state index contributed by atoms with van der Waals surface area (Å²) in [5.41, 5.74) is 1.38. The minimum absolute atomic E-state index is 0.182. The SMILES string of the molecule is CN1CCC(=O)Cc2cccc(F)c21. The Morgan fingerprint density at radius 2 is 2.21 bits per heavy atom. The summed E-state index contributed by atoms with van der Waals surface area (Å²) in [4.78, 5) is 13.2. The molecule has 0 atom stereocenters. The number of fused-ring (bicyclic) bond motifs is 1. The molecule has 1 aliphatic rings. The van der Waals surface area contributed by atoms with Gasteiger partial charge in [0.2, 0.25) is 0 Å². The fraction of sp³-hybridized carbons (Fsp3) is 0.364. The van der Waals surface area contributed by atoms with Gasteiger partial charge in [0.25, 0.3) is 0 Å². The van der Waals surface area contributed by atoms with Crippen LogP contribution in [0.25, 0.3) is 0 Å². The number of para-hydroxylation sites is 1. The maximum atomic E-state index is 13.5. The largest absolute Gasteiger partial charge is 0.372 e. The third-order valence-corrected chi connectivity index (χ3v) is 2.57. The molecule has 3 heteroatoms. The predicted molar refractivity (Wildman–Crippen MR) is 53.0 cm³/mol. The summed E-state index contributed by atoms with van der Waals surface area (Å²) in [6, 6.07) is 4.91. The van der Waals surface area contributed by atoms with E-state index in [9.17, 15) is 9.18 Å². The Kier molecular flexibility index (Phi) is 2.23. The zero-order valence-corrected chi connectivity index (χ0v) is 8.09. The maximum absolute atomic E-state index is 13.5. The molecule has 1 heterocycles. The van der Waals surface area contributed by atoms with E-state index in [1.165, 1.54) is 6.07 Å². The lowest BCUT2D eigenvalue weighted by molar-refractivity contribution is -0.118. The highest BCUT2D eigenvalue weighted by molar-refractivity contribution is 5.84. The van der Waals surface area contributed by atoms with E-state index in [2.05, 4.69) is 0 Å². The van der Waals surface area contributed by atoms with Gasteiger partial charge in [0.15, 0.2) is 0 Å². The van der Waals surface area contributed by atoms with Crippen LogP contribution >= 0.6 is 0 Å². The molecule has 0 fully saturated rings. The highest BCUT2D eigenvalue weighted by atomic mass is 19.1. The van der Waals surface area contributed by atoms with E-state index in [0.29, 0.717) is 25.1 Å². The van der Waals surface area contributed by atoms with E-state index in [0.717, 1.165) is 5.56 Å². The van der Waals surface area contributed by atoms with Crippen molar-refractivity contribution in [2.75, 3.05) is 18.5 Å². The van der Waals surface area contributed by atoms with Crippen LogP contribution < -0.4 is 4.90 Å². The van der Waals surface area contributed by atoms with Crippen LogP contribution in [0.2, 0.25) is 0 Å². The van der Waals surface area contributed by atoms with E-state index in [4.69, 9.17) is 0 Å². The Balaban J connectivity index is 2.52. The molecule has 1 aromatic carbocycles. The lowest BCUT2D eigenvalue weighted by Crippen LogP contribution is -2.19. The summed E-state index contributed by atoms with van der Waals surface area (Å²) in [6.45, 7) is 0.604. The normalized spacial score (nSPS) is 16.4. The van der Waals surface area contributed by atoms with Crippen molar-refractivity contribution >= 4 is 11.5 Å². The number of nitrogens with zero attached hydrogens (tertiary/aromatic N) is 1. The van der Waals surface area contributed by atoms with Gasteiger partial charge in [-0.25, -0.2) is 4.39 Å². The number of carbonyl (C=O) groups excluding carboxylic acids is 1. The van der Waals surface area contributed by atoms with Crippen LogP contribution in [0.15, 0.2) is 18.2 Å². The molecule has 0 bridgehead atoms. The Bertz CT molecular complexity index is 376. The highest BCUT2D eigenvalue weighted by Crippen LogP contribution is 2.26. The number of Topliss-reactive ketones (excluding diaryl/α,β-unsaturated/α-hetero) is 1. The first-order valence-electron chi connectivity index (χ1n) is 4.68. The molecule has 2 rings (SSSR count). The molecule has 0 aliphatic carbocycles. The minimum Gasteiger partial charge on any atom is -0.372 e. The molecule has 0 unspecified atom stereocenters. The van der Waals surface area contributed by atoms with Gasteiger partial charge in [-0.15, -0.1) is 0 Å². The Morgan fingerprint density at radius 1 is 1.43 bits per heavy atom. The predicted octanol–water partition coefficient (Wildman–Crippen LogP) is 1.78. The van der Waals surface area contributed by atoms with Crippen LogP contribution in [0.1, 0.15) is 12.0 Å². The van der Waals surface area contributed by atoms with Gasteiger partial charge >= 0.3 is 0 Å². The van der Waals surface area contributed by atoms with Crippen molar-refractivity contribution in [3.05, 3.63) is 29.6 Å². The second-order valence-electron chi connectivity index (χ2n) is 3.63. The van der Waals surface area contributed by atoms with E-state index in [-0.39, 0.29) is 11.6 Å². The molecule has 1 aliphatic heterocycles. The lowest BCUT2D eigenvalue weighted by atomic mass is 10.1. The van der Waals surface area contributed by atoms with Gasteiger partial charge in [-0.2, -0.15) is 0 Å². The first-order valence-corrected chi connectivity index (χ1v) is 4.68. The van der Waals surface area contributed by atoms with Crippen LogP contribution in [0, 0.1) is 5.82 Å². The van der Waals surface area contributed by atoms with Crippen molar-refractivity contribution in [1.29, 1.82) is 0 Å². The number of benzene rings is 1. The number of rotatable bonds is 0. The molecular weight excluding hydrogens is 181 g/mol. The van der Waals surface area contributed by atoms with E-state index < -0.39 is 0 Å². The first-order chi connectivity index (χ1) is 6.68. The third-order valence-electron chi connectivity index (χ3n) is 2.57. The standard InChI is InChI=1S/C11H12FNO/c1-13-6-5-9(14)7-8-3-2-4-10(12)11(8)13/h2-4H,5-7H2,1H3. The van der Waals surface area contributed by atoms with Crippen molar-refractivity contribution in [1.82, 2.24) is 0 Å². The van der Waals surface area contributed by atoms with E-state index in [1.54, 1.807) is 6.07 Å². The zero-order chi connectivity index (χ0) is 10.1. The van der Waals surface area contributed by atoms with Crippen LogP contribution in [0.4, 0.5) is 10.1 Å². The molecule has 2 nitrogen and oxygen atoms in total. The van der Waals surface area contributed by atoms with Gasteiger partial charge in [0.05, 0.1) is 5.69 Å². The summed E-state index contributed by atoms with van der Waals surface area (Å²) in [5, 5.41) is 0. The van der Waals surface area contributed by atoms with Gasteiger partial charge in [-0.1, -0.05) is 12.1 Å². The molecule has 0 radical (unpaired) electrons. The van der Waals surface area contributed by atoms with Crippen molar-refractivity contribution in [2.24, 2.45) is 0 Å². The van der Waals surface area contributed by atoms with Gasteiger partial charge < -0.3 is 4.90 Å². The molecule has 1 aromatic rings. The fourth-order valence-corrected chi connectivity index (χ4v) is 1.84. The molecule has 74 valence electrons. The summed E-state index contributed by atoms with van der Waals surface area (Å²) >= 11 is 0. The number of ketones is 1. The number of halogens is 1. The topological polar surface area (TPSA) is 20.3 Å². The molecule has 0 saturated heterocycles. The number of carbonyl (C=O) groups is 1. The van der Waals surface area contributed by atoms with Gasteiger partial charge in [0.1, 0.15) is 11.6 Å². The van der Waals surface area contributed by atoms with Crippen molar-refractivity contribution in [2.45, 2.75) is 12.8 Å². The quantitative estimate of drug-likeness (QED) is 0.626. The number of anilines is 1. The summed E-state index contributed by atoms with van der Waals surface area (Å²) in [6.07, 6.45) is 0.863. The molecule has 0 N–H and O–H groups in total. The Morgan fingerprint density at radius 3 is 3.00 bits per heavy atom. The van der Waals surface area contributed by atoms with Crippen LogP contribution in [-0.2, 0) is 11.2 Å². The molecule has 0 saturated carbocycles. The second kappa shape index (κ2) is 3.40. The highest BCUT2D eigenvalue weighted by Gasteiger charge is 2.19. The van der Waals surface area contributed by atoms with Crippen molar-refractivity contribution in [3.8, 4) is 0 Å². The fourth-order valence-electron chi connectivity index (χ4n) is 1.84. The average molecular weight is 193 g/mol. The average Bonchev–Trinajstić information content (AvgIpc) is 2.27. The summed E-state index contributed by atoms with van der Waals surface area (Å²) in [7, 11) is 1.82. The smallest absolute Gasteiger partial charge is 0.146 e. The summed E-state index contributed by atoms with van der Waals surface area (Å²) < 4.78 is 13.5. The monoisotopic (exact) mass is 193 g/mol. The molecule has 0 spiro atoms. The minimum atomic E-state index is -0.236. The molecule has 0 amide bonds. The molecular formula is C11H12FNO. The Labute approximate surface area is 82.3 Å². The number of hydrogen-bond acceptors (Lipinski definition) is 2. The van der Waals surface area contributed by atoms with E-state index in [1.807, 2.05) is 18.0 Å². The van der Waals surface area contributed by atoms with Gasteiger partial charge in [-0.05, 0) is 11.6 Å². The first kappa shape index (κ1) is 9.19. The van der Waals surface area contributed by atoms with E-state index >= 15 is 0 Å². The number of hydrogen-bond donors (Lipinski definition) is 0. The lowest BCUT2D eigenvalue weighted by Gasteiger charge is -2.19. The second-order valence-corrected chi connectivity index (χ2v) is 3.63. The molecule has 14 heavy (non-hydrogen) atoms. The van der Waals surface area contributed by atoms with Crippen molar-refractivity contribution in [3.63, 3.8) is 0 Å². The van der Waals surface area contributed by atoms with Crippen LogP contribution in [0.3, 0.4) is 0 Å². The zero-order valence-electron chi connectivity index (χ0n) is 8.09. The molecule has 0 aromatic heterocycles. The van der Waals surface area contributed by atoms with Gasteiger partial charge in [-0.3, -0.25) is 4.79 Å². The van der Waals surface area contributed by atoms with Gasteiger partial charge in [0, 0.05) is 26.4 Å². The van der Waals surface area contributed by atoms with Crippen molar-refractivity contribution < 1.29 is 9.18 Å².